The number of hydrogen-bond acceptors (Lipinski definition) is 2. The van der Waals surface area contributed by atoms with Crippen LogP contribution in [-0.2, 0) is 11.2 Å². The van der Waals surface area contributed by atoms with Gasteiger partial charge in [0.15, 0.2) is 0 Å². The summed E-state index contributed by atoms with van der Waals surface area (Å²) in [4.78, 5) is 12.3. The lowest BCUT2D eigenvalue weighted by molar-refractivity contribution is -0.668. The van der Waals surface area contributed by atoms with Crippen LogP contribution in [-0.4, -0.2) is 24.7 Å². The summed E-state index contributed by atoms with van der Waals surface area (Å²) in [5.41, 5.74) is 2.94. The fourth-order valence-electron chi connectivity index (χ4n) is 3.21. The highest BCUT2D eigenvalue weighted by atomic mass is 35.5. The van der Waals surface area contributed by atoms with Crippen LogP contribution in [0.5, 0.6) is 0 Å². The summed E-state index contributed by atoms with van der Waals surface area (Å²) in [6.07, 6.45) is 2.84. The lowest BCUT2D eigenvalue weighted by atomic mass is 9.81. The van der Waals surface area contributed by atoms with Crippen molar-refractivity contribution in [2.24, 2.45) is 0 Å². The Kier molecular flexibility index (Phi) is 4.40. The second-order valence-corrected chi connectivity index (χ2v) is 6.19. The van der Waals surface area contributed by atoms with Crippen molar-refractivity contribution in [1.29, 1.82) is 0 Å². The number of carbonyl (C=O) groups is 1. The van der Waals surface area contributed by atoms with Crippen LogP contribution in [0.3, 0.4) is 0 Å². The molecule has 0 bridgehead atoms. The Morgan fingerprint density at radius 2 is 1.95 bits per heavy atom. The third-order valence-corrected chi connectivity index (χ3v) is 4.45. The first-order chi connectivity index (χ1) is 9.10. The van der Waals surface area contributed by atoms with Gasteiger partial charge in [-0.2, -0.15) is 0 Å². The Morgan fingerprint density at radius 1 is 1.25 bits per heavy atom. The molecule has 4 heteroatoms. The van der Waals surface area contributed by atoms with Gasteiger partial charge in [-0.3, -0.25) is 0 Å². The summed E-state index contributed by atoms with van der Waals surface area (Å²) in [6.45, 7) is 6.42. The number of esters is 1. The predicted octanol–water partition coefficient (Wildman–Crippen LogP) is -1.38. The van der Waals surface area contributed by atoms with E-state index in [1.165, 1.54) is 11.1 Å². The summed E-state index contributed by atoms with van der Waals surface area (Å²) in [6, 6.07) is 6.31. The molecule has 3 nitrogen and oxygen atoms in total. The Balaban J connectivity index is 0.00000147. The molecule has 2 heterocycles. The molecule has 2 aliphatic rings. The molecule has 3 rings (SSSR count). The highest BCUT2D eigenvalue weighted by Crippen LogP contribution is 2.34. The van der Waals surface area contributed by atoms with Crippen molar-refractivity contribution in [3.05, 3.63) is 34.9 Å². The molecule has 0 atom stereocenters. The van der Waals surface area contributed by atoms with Crippen LogP contribution in [0.25, 0.3) is 0 Å². The molecule has 0 radical (unpaired) electrons. The number of rotatable bonds is 1. The second kappa shape index (κ2) is 5.74. The van der Waals surface area contributed by atoms with E-state index in [9.17, 15) is 4.79 Å². The van der Waals surface area contributed by atoms with Gasteiger partial charge in [0.05, 0.1) is 18.7 Å². The van der Waals surface area contributed by atoms with Gasteiger partial charge in [0.1, 0.15) is 5.60 Å². The van der Waals surface area contributed by atoms with Crippen molar-refractivity contribution in [1.82, 2.24) is 0 Å². The highest BCUT2D eigenvalue weighted by molar-refractivity contribution is 5.92. The van der Waals surface area contributed by atoms with Crippen molar-refractivity contribution < 1.29 is 27.3 Å². The average molecular weight is 296 g/mol. The molecule has 110 valence electrons. The number of fused-ring (bicyclic) bond motifs is 1. The number of ether oxygens (including phenoxy) is 1. The zero-order valence-corrected chi connectivity index (χ0v) is 12.9. The second-order valence-electron chi connectivity index (χ2n) is 6.19. The first-order valence-corrected chi connectivity index (χ1v) is 7.27. The van der Waals surface area contributed by atoms with E-state index in [0.717, 1.165) is 37.9 Å². The molecule has 0 saturated carbocycles. The number of benzene rings is 1. The minimum absolute atomic E-state index is 0. The van der Waals surface area contributed by atoms with Gasteiger partial charge in [-0.05, 0) is 23.1 Å². The molecular formula is C16H22ClNO2. The van der Waals surface area contributed by atoms with E-state index in [1.54, 1.807) is 0 Å². The number of carbonyl (C=O) groups excluding carboxylic acids is 1. The molecule has 1 spiro atoms. The average Bonchev–Trinajstić information content (AvgIpc) is 2.39. The monoisotopic (exact) mass is 295 g/mol. The van der Waals surface area contributed by atoms with Crippen LogP contribution >= 0.6 is 0 Å². The predicted molar refractivity (Wildman–Crippen MR) is 73.3 cm³/mol. The molecule has 20 heavy (non-hydrogen) atoms. The maximum absolute atomic E-state index is 12.3. The van der Waals surface area contributed by atoms with Crippen molar-refractivity contribution in [3.63, 3.8) is 0 Å². The molecule has 1 aromatic carbocycles. The molecule has 0 aromatic heterocycles. The van der Waals surface area contributed by atoms with Gasteiger partial charge in [-0.25, -0.2) is 4.79 Å². The van der Waals surface area contributed by atoms with E-state index in [0.29, 0.717) is 5.92 Å². The molecule has 1 fully saturated rings. The highest BCUT2D eigenvalue weighted by Gasteiger charge is 2.42. The van der Waals surface area contributed by atoms with Crippen LogP contribution in [0.1, 0.15) is 54.1 Å². The van der Waals surface area contributed by atoms with Crippen molar-refractivity contribution in [3.8, 4) is 0 Å². The van der Waals surface area contributed by atoms with E-state index < -0.39 is 0 Å². The van der Waals surface area contributed by atoms with Gasteiger partial charge < -0.3 is 22.5 Å². The van der Waals surface area contributed by atoms with Gasteiger partial charge >= 0.3 is 5.97 Å². The number of quaternary nitrogens is 1. The van der Waals surface area contributed by atoms with Crippen LogP contribution in [0.2, 0.25) is 0 Å². The van der Waals surface area contributed by atoms with Gasteiger partial charge in [0.2, 0.25) is 0 Å². The number of hydrogen-bond donors (Lipinski definition) is 1. The quantitative estimate of drug-likeness (QED) is 0.649. The molecule has 2 N–H and O–H groups in total. The third kappa shape index (κ3) is 2.70. The van der Waals surface area contributed by atoms with E-state index in [4.69, 9.17) is 4.74 Å². The first-order valence-electron chi connectivity index (χ1n) is 7.27. The van der Waals surface area contributed by atoms with E-state index in [2.05, 4.69) is 31.3 Å². The topological polar surface area (TPSA) is 42.9 Å². The summed E-state index contributed by atoms with van der Waals surface area (Å²) >= 11 is 0. The zero-order valence-electron chi connectivity index (χ0n) is 12.1. The minimum Gasteiger partial charge on any atom is -1.00 e. The van der Waals surface area contributed by atoms with Gasteiger partial charge in [-0.15, -0.1) is 0 Å². The lowest BCUT2D eigenvalue weighted by Crippen LogP contribution is -3.00. The fourth-order valence-corrected chi connectivity index (χ4v) is 3.21. The fraction of sp³-hybridized carbons (Fsp3) is 0.562. The summed E-state index contributed by atoms with van der Waals surface area (Å²) in [7, 11) is 0. The Labute approximate surface area is 126 Å². The summed E-state index contributed by atoms with van der Waals surface area (Å²) in [5.74, 6) is 0.323. The van der Waals surface area contributed by atoms with Crippen LogP contribution in [0.4, 0.5) is 0 Å². The number of halogens is 1. The first kappa shape index (κ1) is 15.3. The SMILES string of the molecule is CC(C)c1ccc2c(c1)C(=O)OC1(CC[NH2+]CC1)C2.[Cl-]. The van der Waals surface area contributed by atoms with Crippen molar-refractivity contribution in [2.45, 2.75) is 44.6 Å². The number of nitrogens with two attached hydrogens (primary N) is 1. The van der Waals surface area contributed by atoms with E-state index in [1.807, 2.05) is 6.07 Å². The maximum atomic E-state index is 12.3. The zero-order chi connectivity index (χ0) is 13.5. The molecule has 0 amide bonds. The minimum atomic E-state index is -0.224. The van der Waals surface area contributed by atoms with Crippen LogP contribution in [0.15, 0.2) is 18.2 Å². The number of piperidine rings is 1. The van der Waals surface area contributed by atoms with Gasteiger partial charge in [0, 0.05) is 19.3 Å². The van der Waals surface area contributed by atoms with Crippen LogP contribution < -0.4 is 17.7 Å². The van der Waals surface area contributed by atoms with E-state index in [-0.39, 0.29) is 24.0 Å². The Morgan fingerprint density at radius 3 is 2.60 bits per heavy atom. The standard InChI is InChI=1S/C16H21NO2.ClH/c1-11(2)12-3-4-13-10-16(5-7-17-8-6-16)19-15(18)14(13)9-12;/h3-4,9,11,17H,5-8,10H2,1-2H3;1H. The normalized spacial score (nSPS) is 20.2. The van der Waals surface area contributed by atoms with Crippen LogP contribution in [0, 0.1) is 0 Å². The van der Waals surface area contributed by atoms with Crippen molar-refractivity contribution in [2.75, 3.05) is 13.1 Å². The summed E-state index contributed by atoms with van der Waals surface area (Å²) < 4.78 is 5.82. The molecule has 2 aliphatic heterocycles. The molecular weight excluding hydrogens is 274 g/mol. The van der Waals surface area contributed by atoms with E-state index >= 15 is 0 Å². The molecule has 0 aliphatic carbocycles. The Bertz CT molecular complexity index is 507. The van der Waals surface area contributed by atoms with Crippen molar-refractivity contribution >= 4 is 5.97 Å². The van der Waals surface area contributed by atoms with Gasteiger partial charge in [0.25, 0.3) is 0 Å². The summed E-state index contributed by atoms with van der Waals surface area (Å²) in [5, 5.41) is 2.30. The van der Waals surface area contributed by atoms with Gasteiger partial charge in [-0.1, -0.05) is 26.0 Å². The largest absolute Gasteiger partial charge is 1.00 e. The molecule has 1 saturated heterocycles. The molecule has 1 aromatic rings. The Hall–Kier alpha value is -1.06. The smallest absolute Gasteiger partial charge is 0.338 e. The molecule has 0 unspecified atom stereocenters. The lowest BCUT2D eigenvalue weighted by Gasteiger charge is -2.39. The third-order valence-electron chi connectivity index (χ3n) is 4.45. The maximum Gasteiger partial charge on any atom is 0.338 e.